The Bertz CT molecular complexity index is 452. The molecule has 0 spiro atoms. The van der Waals surface area contributed by atoms with Crippen molar-refractivity contribution in [1.82, 2.24) is 5.32 Å². The van der Waals surface area contributed by atoms with E-state index in [1.807, 2.05) is 12.1 Å². The van der Waals surface area contributed by atoms with Crippen molar-refractivity contribution in [1.29, 1.82) is 0 Å². The Morgan fingerprint density at radius 3 is 2.68 bits per heavy atom. The quantitative estimate of drug-likeness (QED) is 0.800. The van der Waals surface area contributed by atoms with Crippen molar-refractivity contribution in [2.75, 3.05) is 7.11 Å². The van der Waals surface area contributed by atoms with Crippen LogP contribution < -0.4 is 10.1 Å². The Morgan fingerprint density at radius 2 is 2.16 bits per heavy atom. The van der Waals surface area contributed by atoms with E-state index in [0.717, 1.165) is 17.7 Å². The molecule has 3 heteroatoms. The first-order valence-electron chi connectivity index (χ1n) is 6.54. The van der Waals surface area contributed by atoms with Crippen molar-refractivity contribution in [2.24, 2.45) is 5.92 Å². The summed E-state index contributed by atoms with van der Waals surface area (Å²) in [5, 5.41) is 2.97. The Balaban J connectivity index is 2.92. The van der Waals surface area contributed by atoms with Crippen molar-refractivity contribution in [3.8, 4) is 5.75 Å². The van der Waals surface area contributed by atoms with Gasteiger partial charge in [0.2, 0.25) is 5.91 Å². The maximum atomic E-state index is 11.5. The van der Waals surface area contributed by atoms with Crippen molar-refractivity contribution in [3.05, 3.63) is 42.0 Å². The van der Waals surface area contributed by atoms with Gasteiger partial charge in [-0.1, -0.05) is 38.1 Å². The molecule has 0 aliphatic heterocycles. The van der Waals surface area contributed by atoms with Crippen LogP contribution in [0.2, 0.25) is 0 Å². The van der Waals surface area contributed by atoms with Crippen LogP contribution in [0.25, 0.3) is 0 Å². The molecule has 1 aromatic rings. The highest BCUT2D eigenvalue weighted by Gasteiger charge is 2.17. The molecule has 0 saturated heterocycles. The minimum atomic E-state index is -0.134. The topological polar surface area (TPSA) is 38.3 Å². The first-order chi connectivity index (χ1) is 8.97. The second-order valence-corrected chi connectivity index (χ2v) is 5.08. The van der Waals surface area contributed by atoms with Crippen LogP contribution in [-0.2, 0) is 11.2 Å². The molecule has 1 rings (SSSR count). The molecular formula is C16H23NO2. The van der Waals surface area contributed by atoms with E-state index in [1.165, 1.54) is 11.6 Å². The van der Waals surface area contributed by atoms with Crippen molar-refractivity contribution in [2.45, 2.75) is 33.2 Å². The van der Waals surface area contributed by atoms with Gasteiger partial charge < -0.3 is 10.1 Å². The van der Waals surface area contributed by atoms with Gasteiger partial charge in [0, 0.05) is 6.04 Å². The van der Waals surface area contributed by atoms with Crippen LogP contribution in [0, 0.1) is 12.8 Å². The van der Waals surface area contributed by atoms with Gasteiger partial charge in [0.1, 0.15) is 5.75 Å². The molecule has 1 N–H and O–H groups in total. The fraction of sp³-hybridized carbons (Fsp3) is 0.438. The van der Waals surface area contributed by atoms with Crippen LogP contribution in [0.15, 0.2) is 30.9 Å². The van der Waals surface area contributed by atoms with Gasteiger partial charge in [-0.3, -0.25) is 4.79 Å². The maximum Gasteiger partial charge on any atom is 0.243 e. The molecule has 0 aromatic heterocycles. The fourth-order valence-corrected chi connectivity index (χ4v) is 2.00. The molecule has 19 heavy (non-hydrogen) atoms. The van der Waals surface area contributed by atoms with Gasteiger partial charge in [-0.05, 0) is 37.0 Å². The van der Waals surface area contributed by atoms with Gasteiger partial charge >= 0.3 is 0 Å². The lowest BCUT2D eigenvalue weighted by molar-refractivity contribution is -0.117. The summed E-state index contributed by atoms with van der Waals surface area (Å²) in [5.74, 6) is 1.07. The van der Waals surface area contributed by atoms with E-state index in [-0.39, 0.29) is 11.9 Å². The number of amides is 1. The number of hydrogen-bond donors (Lipinski definition) is 1. The number of ether oxygens (including phenoxy) is 1. The van der Waals surface area contributed by atoms with Crippen molar-refractivity contribution >= 4 is 5.91 Å². The zero-order valence-electron chi connectivity index (χ0n) is 12.2. The lowest BCUT2D eigenvalue weighted by Crippen LogP contribution is -2.39. The number of methoxy groups -OCH3 is 1. The molecule has 0 fully saturated rings. The number of carbonyl (C=O) groups excluding carboxylic acids is 1. The molecule has 1 amide bonds. The maximum absolute atomic E-state index is 11.5. The van der Waals surface area contributed by atoms with E-state index in [2.05, 4.69) is 38.7 Å². The zero-order chi connectivity index (χ0) is 14.4. The van der Waals surface area contributed by atoms with Crippen LogP contribution in [-0.4, -0.2) is 19.1 Å². The van der Waals surface area contributed by atoms with Gasteiger partial charge in [-0.2, -0.15) is 0 Å². The van der Waals surface area contributed by atoms with Crippen molar-refractivity contribution < 1.29 is 9.53 Å². The first-order valence-corrected chi connectivity index (χ1v) is 6.54. The third-order valence-electron chi connectivity index (χ3n) is 3.19. The molecule has 0 radical (unpaired) electrons. The van der Waals surface area contributed by atoms with Crippen LogP contribution >= 0.6 is 0 Å². The summed E-state index contributed by atoms with van der Waals surface area (Å²) in [6.45, 7) is 9.73. The van der Waals surface area contributed by atoms with E-state index >= 15 is 0 Å². The largest absolute Gasteiger partial charge is 0.496 e. The number of aryl methyl sites for hydroxylation is 1. The van der Waals surface area contributed by atoms with Gasteiger partial charge in [-0.15, -0.1) is 0 Å². The summed E-state index contributed by atoms with van der Waals surface area (Å²) in [7, 11) is 1.67. The standard InChI is InChI=1S/C16H23NO2/c1-6-16(18)17-14(11(2)3)10-13-9-12(4)7-8-15(13)19-5/h6-9,11,14H,1,10H2,2-5H3,(H,17,18). The van der Waals surface area contributed by atoms with Gasteiger partial charge in [0.15, 0.2) is 0 Å². The highest BCUT2D eigenvalue weighted by molar-refractivity contribution is 5.87. The summed E-state index contributed by atoms with van der Waals surface area (Å²) in [4.78, 5) is 11.5. The monoisotopic (exact) mass is 261 g/mol. The number of carbonyl (C=O) groups is 1. The Hall–Kier alpha value is -1.77. The third-order valence-corrected chi connectivity index (χ3v) is 3.19. The Morgan fingerprint density at radius 1 is 1.47 bits per heavy atom. The van der Waals surface area contributed by atoms with Gasteiger partial charge in [0.05, 0.1) is 7.11 Å². The number of nitrogens with one attached hydrogen (secondary N) is 1. The third kappa shape index (κ3) is 4.43. The molecule has 1 atom stereocenters. The molecule has 0 aliphatic rings. The predicted octanol–water partition coefficient (Wildman–Crippen LogP) is 2.87. The average Bonchev–Trinajstić information content (AvgIpc) is 2.37. The average molecular weight is 261 g/mol. The number of benzene rings is 1. The van der Waals surface area contributed by atoms with Crippen LogP contribution in [0.4, 0.5) is 0 Å². The second-order valence-electron chi connectivity index (χ2n) is 5.08. The first kappa shape index (κ1) is 15.3. The Labute approximate surface area is 115 Å². The molecule has 104 valence electrons. The summed E-state index contributed by atoms with van der Waals surface area (Å²) < 4.78 is 5.38. The number of hydrogen-bond acceptors (Lipinski definition) is 2. The van der Waals surface area contributed by atoms with Crippen LogP contribution in [0.1, 0.15) is 25.0 Å². The molecule has 0 heterocycles. The van der Waals surface area contributed by atoms with Gasteiger partial charge in [0.25, 0.3) is 0 Å². The molecule has 1 unspecified atom stereocenters. The predicted molar refractivity (Wildman–Crippen MR) is 78.4 cm³/mol. The minimum Gasteiger partial charge on any atom is -0.496 e. The summed E-state index contributed by atoms with van der Waals surface area (Å²) in [5.41, 5.74) is 2.30. The molecule has 0 saturated carbocycles. The van der Waals surface area contributed by atoms with E-state index in [0.29, 0.717) is 5.92 Å². The number of rotatable bonds is 6. The Kier molecular flexibility index (Phi) is 5.61. The van der Waals surface area contributed by atoms with Crippen LogP contribution in [0.3, 0.4) is 0 Å². The summed E-state index contributed by atoms with van der Waals surface area (Å²) >= 11 is 0. The highest BCUT2D eigenvalue weighted by Crippen LogP contribution is 2.22. The zero-order valence-corrected chi connectivity index (χ0v) is 12.2. The molecule has 3 nitrogen and oxygen atoms in total. The van der Waals surface area contributed by atoms with E-state index in [4.69, 9.17) is 4.74 Å². The van der Waals surface area contributed by atoms with Gasteiger partial charge in [-0.25, -0.2) is 0 Å². The smallest absolute Gasteiger partial charge is 0.243 e. The molecular weight excluding hydrogens is 238 g/mol. The molecule has 0 aliphatic carbocycles. The van der Waals surface area contributed by atoms with E-state index in [9.17, 15) is 4.79 Å². The highest BCUT2D eigenvalue weighted by atomic mass is 16.5. The second kappa shape index (κ2) is 6.98. The molecule has 1 aromatic carbocycles. The van der Waals surface area contributed by atoms with Crippen LogP contribution in [0.5, 0.6) is 5.75 Å². The summed E-state index contributed by atoms with van der Waals surface area (Å²) in [6.07, 6.45) is 2.06. The van der Waals surface area contributed by atoms with E-state index in [1.54, 1.807) is 7.11 Å². The molecule has 0 bridgehead atoms. The summed E-state index contributed by atoms with van der Waals surface area (Å²) in [6, 6.07) is 6.17. The SMILES string of the molecule is C=CC(=O)NC(Cc1cc(C)ccc1OC)C(C)C. The lowest BCUT2D eigenvalue weighted by atomic mass is 9.95. The fourth-order valence-electron chi connectivity index (χ4n) is 2.00. The van der Waals surface area contributed by atoms with E-state index < -0.39 is 0 Å². The van der Waals surface area contributed by atoms with Crippen molar-refractivity contribution in [3.63, 3.8) is 0 Å². The lowest BCUT2D eigenvalue weighted by Gasteiger charge is -2.23. The normalized spacial score (nSPS) is 12.1. The minimum absolute atomic E-state index is 0.0706.